The van der Waals surface area contributed by atoms with Crippen molar-refractivity contribution in [3.05, 3.63) is 29.8 Å². The lowest BCUT2D eigenvalue weighted by Crippen LogP contribution is -2.39. The standard InChI is InChI=1S/C15H24FN3/c1-2-15(14-6-5-13(16)10-18-14)19-9-3-4-12(11-19)7-8-17/h5-6,10,12,15H,2-4,7-9,11,17H2,1H3. The maximum absolute atomic E-state index is 13.0. The maximum Gasteiger partial charge on any atom is 0.141 e. The minimum atomic E-state index is -0.266. The van der Waals surface area contributed by atoms with E-state index in [1.807, 2.05) is 6.07 Å². The Morgan fingerprint density at radius 3 is 3.00 bits per heavy atom. The van der Waals surface area contributed by atoms with Gasteiger partial charge >= 0.3 is 0 Å². The molecule has 2 unspecified atom stereocenters. The molecule has 4 heteroatoms. The normalized spacial score (nSPS) is 22.4. The fourth-order valence-electron chi connectivity index (χ4n) is 3.09. The number of nitrogens with two attached hydrogens (primary N) is 1. The highest BCUT2D eigenvalue weighted by molar-refractivity contribution is 5.10. The Balaban J connectivity index is 2.06. The molecule has 0 aliphatic carbocycles. The Labute approximate surface area is 115 Å². The summed E-state index contributed by atoms with van der Waals surface area (Å²) < 4.78 is 13.0. The molecule has 1 aromatic rings. The van der Waals surface area contributed by atoms with Crippen LogP contribution in [-0.4, -0.2) is 29.5 Å². The van der Waals surface area contributed by atoms with Crippen LogP contribution in [0.4, 0.5) is 4.39 Å². The van der Waals surface area contributed by atoms with Gasteiger partial charge < -0.3 is 5.73 Å². The number of likely N-dealkylation sites (tertiary alicyclic amines) is 1. The summed E-state index contributed by atoms with van der Waals surface area (Å²) in [6, 6.07) is 3.63. The molecule has 0 amide bonds. The molecule has 1 fully saturated rings. The highest BCUT2D eigenvalue weighted by Crippen LogP contribution is 2.29. The number of nitrogens with zero attached hydrogens (tertiary/aromatic N) is 2. The molecule has 3 nitrogen and oxygen atoms in total. The number of hydrogen-bond donors (Lipinski definition) is 1. The van der Waals surface area contributed by atoms with Crippen molar-refractivity contribution in [1.82, 2.24) is 9.88 Å². The van der Waals surface area contributed by atoms with Gasteiger partial charge in [-0.25, -0.2) is 4.39 Å². The summed E-state index contributed by atoms with van der Waals surface area (Å²) in [5, 5.41) is 0. The van der Waals surface area contributed by atoms with Crippen molar-refractivity contribution in [1.29, 1.82) is 0 Å². The van der Waals surface area contributed by atoms with E-state index in [2.05, 4.69) is 16.8 Å². The summed E-state index contributed by atoms with van der Waals surface area (Å²) in [7, 11) is 0. The van der Waals surface area contributed by atoms with E-state index < -0.39 is 0 Å². The van der Waals surface area contributed by atoms with Crippen molar-refractivity contribution in [2.45, 2.75) is 38.6 Å². The van der Waals surface area contributed by atoms with Gasteiger partial charge in [0.25, 0.3) is 0 Å². The van der Waals surface area contributed by atoms with Crippen LogP contribution in [0.5, 0.6) is 0 Å². The third-order valence-corrected chi connectivity index (χ3v) is 4.04. The quantitative estimate of drug-likeness (QED) is 0.890. The smallest absolute Gasteiger partial charge is 0.141 e. The molecule has 1 aromatic heterocycles. The molecule has 106 valence electrons. The summed E-state index contributed by atoms with van der Waals surface area (Å²) in [4.78, 5) is 6.74. The van der Waals surface area contributed by atoms with E-state index in [9.17, 15) is 4.39 Å². The number of piperidine rings is 1. The predicted molar refractivity (Wildman–Crippen MR) is 75.2 cm³/mol. The lowest BCUT2D eigenvalue weighted by atomic mass is 9.92. The Morgan fingerprint density at radius 2 is 2.37 bits per heavy atom. The summed E-state index contributed by atoms with van der Waals surface area (Å²) in [6.07, 6.45) is 5.93. The molecule has 19 heavy (non-hydrogen) atoms. The van der Waals surface area contributed by atoms with E-state index in [0.29, 0.717) is 12.0 Å². The van der Waals surface area contributed by atoms with Crippen LogP contribution in [0.3, 0.4) is 0 Å². The van der Waals surface area contributed by atoms with Gasteiger partial charge in [0, 0.05) is 6.54 Å². The molecular formula is C15H24FN3. The molecule has 0 aromatic carbocycles. The lowest BCUT2D eigenvalue weighted by molar-refractivity contribution is 0.114. The summed E-state index contributed by atoms with van der Waals surface area (Å²) in [6.45, 7) is 5.14. The Hall–Kier alpha value is -1.00. The third-order valence-electron chi connectivity index (χ3n) is 4.04. The van der Waals surface area contributed by atoms with Gasteiger partial charge in [0.1, 0.15) is 5.82 Å². The Kier molecular flexibility index (Phi) is 5.28. The van der Waals surface area contributed by atoms with E-state index >= 15 is 0 Å². The molecule has 0 radical (unpaired) electrons. The van der Waals surface area contributed by atoms with Crippen LogP contribution in [0.2, 0.25) is 0 Å². The number of rotatable bonds is 5. The van der Waals surface area contributed by atoms with Gasteiger partial charge in [-0.05, 0) is 56.8 Å². The fraction of sp³-hybridized carbons (Fsp3) is 0.667. The van der Waals surface area contributed by atoms with Gasteiger partial charge in [-0.1, -0.05) is 6.92 Å². The molecule has 2 atom stereocenters. The SMILES string of the molecule is CCC(c1ccc(F)cn1)N1CCCC(CCN)C1. The molecule has 1 aliphatic rings. The summed E-state index contributed by atoms with van der Waals surface area (Å²) in [5.74, 6) is 0.437. The monoisotopic (exact) mass is 265 g/mol. The summed E-state index contributed by atoms with van der Waals surface area (Å²) in [5.41, 5.74) is 6.65. The van der Waals surface area contributed by atoms with E-state index in [4.69, 9.17) is 5.73 Å². The van der Waals surface area contributed by atoms with Crippen LogP contribution in [0.15, 0.2) is 18.3 Å². The molecule has 0 bridgehead atoms. The fourth-order valence-corrected chi connectivity index (χ4v) is 3.09. The predicted octanol–water partition coefficient (Wildman–Crippen LogP) is 2.73. The molecule has 0 saturated carbocycles. The lowest BCUT2D eigenvalue weighted by Gasteiger charge is -2.37. The minimum absolute atomic E-state index is 0.266. The highest BCUT2D eigenvalue weighted by atomic mass is 19.1. The first-order valence-corrected chi connectivity index (χ1v) is 7.30. The van der Waals surface area contributed by atoms with Crippen molar-refractivity contribution in [2.75, 3.05) is 19.6 Å². The molecule has 0 spiro atoms. The van der Waals surface area contributed by atoms with Gasteiger partial charge in [0.2, 0.25) is 0 Å². The molecule has 2 N–H and O–H groups in total. The average molecular weight is 265 g/mol. The highest BCUT2D eigenvalue weighted by Gasteiger charge is 2.26. The first-order valence-electron chi connectivity index (χ1n) is 7.30. The summed E-state index contributed by atoms with van der Waals surface area (Å²) >= 11 is 0. The maximum atomic E-state index is 13.0. The van der Waals surface area contributed by atoms with Gasteiger partial charge in [-0.15, -0.1) is 0 Å². The second kappa shape index (κ2) is 6.96. The average Bonchev–Trinajstić information content (AvgIpc) is 2.43. The van der Waals surface area contributed by atoms with Gasteiger partial charge in [0.15, 0.2) is 0 Å². The second-order valence-electron chi connectivity index (χ2n) is 5.41. The van der Waals surface area contributed by atoms with Crippen LogP contribution >= 0.6 is 0 Å². The minimum Gasteiger partial charge on any atom is -0.330 e. The molecule has 1 aliphatic heterocycles. The van der Waals surface area contributed by atoms with Gasteiger partial charge in [-0.3, -0.25) is 9.88 Å². The topological polar surface area (TPSA) is 42.2 Å². The second-order valence-corrected chi connectivity index (χ2v) is 5.41. The Bertz CT molecular complexity index is 377. The first-order chi connectivity index (χ1) is 9.24. The molecular weight excluding hydrogens is 241 g/mol. The van der Waals surface area contributed by atoms with Crippen molar-refractivity contribution < 1.29 is 4.39 Å². The van der Waals surface area contributed by atoms with Crippen molar-refractivity contribution >= 4 is 0 Å². The van der Waals surface area contributed by atoms with Crippen LogP contribution in [0, 0.1) is 11.7 Å². The molecule has 2 rings (SSSR count). The van der Waals surface area contributed by atoms with Crippen molar-refractivity contribution in [2.24, 2.45) is 11.7 Å². The van der Waals surface area contributed by atoms with Crippen molar-refractivity contribution in [3.63, 3.8) is 0 Å². The third kappa shape index (κ3) is 3.74. The van der Waals surface area contributed by atoms with E-state index in [1.54, 1.807) is 0 Å². The van der Waals surface area contributed by atoms with Crippen LogP contribution < -0.4 is 5.73 Å². The van der Waals surface area contributed by atoms with E-state index in [-0.39, 0.29) is 5.82 Å². The van der Waals surface area contributed by atoms with Crippen molar-refractivity contribution in [3.8, 4) is 0 Å². The molecule has 1 saturated heterocycles. The van der Waals surface area contributed by atoms with Crippen LogP contribution in [0.25, 0.3) is 0 Å². The van der Waals surface area contributed by atoms with E-state index in [1.165, 1.54) is 25.1 Å². The zero-order chi connectivity index (χ0) is 13.7. The van der Waals surface area contributed by atoms with Crippen LogP contribution in [-0.2, 0) is 0 Å². The van der Waals surface area contributed by atoms with Gasteiger partial charge in [0.05, 0.1) is 17.9 Å². The number of aromatic nitrogens is 1. The molecule has 2 heterocycles. The largest absolute Gasteiger partial charge is 0.330 e. The number of pyridine rings is 1. The zero-order valence-electron chi connectivity index (χ0n) is 11.7. The number of halogens is 1. The zero-order valence-corrected chi connectivity index (χ0v) is 11.7. The first kappa shape index (κ1) is 14.4. The van der Waals surface area contributed by atoms with Gasteiger partial charge in [-0.2, -0.15) is 0 Å². The Morgan fingerprint density at radius 1 is 1.53 bits per heavy atom. The van der Waals surface area contributed by atoms with E-state index in [0.717, 1.165) is 38.2 Å². The number of hydrogen-bond acceptors (Lipinski definition) is 3. The van der Waals surface area contributed by atoms with Crippen LogP contribution in [0.1, 0.15) is 44.3 Å².